The molecule has 2 saturated heterocycles. The van der Waals surface area contributed by atoms with Crippen LogP contribution in [0.3, 0.4) is 0 Å². The predicted octanol–water partition coefficient (Wildman–Crippen LogP) is 4.91. The molecular formula is C26H44O5Si. The Labute approximate surface area is 195 Å². The molecule has 4 fully saturated rings. The fourth-order valence-electron chi connectivity index (χ4n) is 7.65. The van der Waals surface area contributed by atoms with E-state index in [-0.39, 0.29) is 28.1 Å². The summed E-state index contributed by atoms with van der Waals surface area (Å²) >= 11 is 0. The van der Waals surface area contributed by atoms with Gasteiger partial charge in [0.05, 0.1) is 17.6 Å². The Bertz CT molecular complexity index is 801. The zero-order valence-corrected chi connectivity index (χ0v) is 22.4. The largest absolute Gasteiger partial charge is 0.416 e. The molecule has 182 valence electrons. The van der Waals surface area contributed by atoms with E-state index in [1.807, 2.05) is 13.8 Å². The quantitative estimate of drug-likeness (QED) is 0.473. The van der Waals surface area contributed by atoms with E-state index in [2.05, 4.69) is 40.8 Å². The number of rotatable bonds is 4. The molecule has 4 rings (SSSR count). The van der Waals surface area contributed by atoms with Crippen molar-refractivity contribution in [3.05, 3.63) is 0 Å². The van der Waals surface area contributed by atoms with Gasteiger partial charge in [-0.15, -0.1) is 0 Å². The molecule has 0 aromatic heterocycles. The SMILES string of the molecule is CC1(C)[C@H]2CCC(O)[C@]1(C=O)[C@H]1C[C@]3(C)CCC[C@H](CO[Si](C)(C)C(C)(C)C)[C@@]3(O1)C2=O. The van der Waals surface area contributed by atoms with Crippen molar-refractivity contribution in [1.82, 2.24) is 0 Å². The lowest BCUT2D eigenvalue weighted by Crippen LogP contribution is -2.65. The van der Waals surface area contributed by atoms with Gasteiger partial charge in [-0.25, -0.2) is 0 Å². The van der Waals surface area contributed by atoms with Crippen LogP contribution in [0.4, 0.5) is 0 Å². The third-order valence-corrected chi connectivity index (χ3v) is 15.3. The fourth-order valence-corrected chi connectivity index (χ4v) is 8.70. The molecular weight excluding hydrogens is 420 g/mol. The molecule has 4 aliphatic rings. The summed E-state index contributed by atoms with van der Waals surface area (Å²) in [4.78, 5) is 27.3. The first kappa shape index (κ1) is 24.6. The number of aliphatic hydroxyl groups excluding tert-OH is 1. The Kier molecular flexibility index (Phi) is 5.54. The second-order valence-corrected chi connectivity index (χ2v) is 18.4. The van der Waals surface area contributed by atoms with Crippen LogP contribution in [0.5, 0.6) is 0 Å². The van der Waals surface area contributed by atoms with Crippen molar-refractivity contribution in [2.24, 2.45) is 28.1 Å². The number of hydrogen-bond acceptors (Lipinski definition) is 5. The first-order valence-electron chi connectivity index (χ1n) is 12.6. The topological polar surface area (TPSA) is 72.8 Å². The molecule has 1 unspecified atom stereocenters. The van der Waals surface area contributed by atoms with Crippen LogP contribution in [-0.4, -0.2) is 49.9 Å². The second kappa shape index (κ2) is 7.22. The fraction of sp³-hybridized carbons (Fsp3) is 0.923. The second-order valence-electron chi connectivity index (χ2n) is 13.5. The smallest absolute Gasteiger partial charge is 0.191 e. The van der Waals surface area contributed by atoms with Crippen molar-refractivity contribution in [2.75, 3.05) is 6.61 Å². The Hall–Kier alpha value is -0.563. The van der Waals surface area contributed by atoms with Gasteiger partial charge < -0.3 is 19.1 Å². The van der Waals surface area contributed by atoms with Gasteiger partial charge in [0.2, 0.25) is 0 Å². The van der Waals surface area contributed by atoms with Gasteiger partial charge in [0.15, 0.2) is 14.1 Å². The summed E-state index contributed by atoms with van der Waals surface area (Å²) in [6.07, 6.45) is 4.36. The molecule has 0 radical (unpaired) electrons. The molecule has 0 aromatic rings. The monoisotopic (exact) mass is 464 g/mol. The normalized spacial score (nSPS) is 45.8. The van der Waals surface area contributed by atoms with E-state index >= 15 is 0 Å². The molecule has 32 heavy (non-hydrogen) atoms. The maximum absolute atomic E-state index is 14.5. The standard InChI is InChI=1S/C26H44O5Si/c1-22(2,3)32(7,8)30-15-17-10-9-13-24(6)14-20-25(16-27)19(28)12-11-18(23(25,4)5)21(29)26(17,24)31-20/h16-20,28H,9-15H2,1-8H3/t17-,18+,19?,20-,24+,25-,26-/m1/s1. The summed E-state index contributed by atoms with van der Waals surface area (Å²) in [7, 11) is -1.99. The molecule has 0 amide bonds. The third kappa shape index (κ3) is 2.85. The van der Waals surface area contributed by atoms with Crippen LogP contribution in [0.25, 0.3) is 0 Å². The molecule has 2 saturated carbocycles. The van der Waals surface area contributed by atoms with Crippen LogP contribution in [0.1, 0.15) is 80.1 Å². The number of aliphatic hydroxyl groups is 1. The minimum Gasteiger partial charge on any atom is -0.416 e. The lowest BCUT2D eigenvalue weighted by atomic mass is 9.44. The van der Waals surface area contributed by atoms with E-state index < -0.39 is 37.0 Å². The first-order chi connectivity index (χ1) is 14.6. The number of carbonyl (C=O) groups excluding carboxylic acids is 2. The molecule has 2 aliphatic heterocycles. The maximum atomic E-state index is 14.5. The predicted molar refractivity (Wildman–Crippen MR) is 127 cm³/mol. The number of ether oxygens (including phenoxy) is 1. The summed E-state index contributed by atoms with van der Waals surface area (Å²) in [6.45, 7) is 18.0. The van der Waals surface area contributed by atoms with E-state index in [1.165, 1.54) is 0 Å². The van der Waals surface area contributed by atoms with Gasteiger partial charge >= 0.3 is 0 Å². The molecule has 2 heterocycles. The van der Waals surface area contributed by atoms with Crippen molar-refractivity contribution in [1.29, 1.82) is 0 Å². The minimum atomic E-state index is -1.99. The summed E-state index contributed by atoms with van der Waals surface area (Å²) in [5.74, 6) is -0.121. The molecule has 7 atom stereocenters. The summed E-state index contributed by atoms with van der Waals surface area (Å²) in [5, 5.41) is 11.3. The van der Waals surface area contributed by atoms with Crippen molar-refractivity contribution in [3.63, 3.8) is 0 Å². The molecule has 5 nitrogen and oxygen atoms in total. The van der Waals surface area contributed by atoms with E-state index in [1.54, 1.807) is 0 Å². The highest BCUT2D eigenvalue weighted by Gasteiger charge is 2.77. The minimum absolute atomic E-state index is 0.0103. The van der Waals surface area contributed by atoms with Gasteiger partial charge in [0.25, 0.3) is 0 Å². The summed E-state index contributed by atoms with van der Waals surface area (Å²) in [6, 6.07) is 0. The molecule has 0 aromatic carbocycles. The molecule has 6 heteroatoms. The molecule has 1 N–H and O–H groups in total. The van der Waals surface area contributed by atoms with Crippen molar-refractivity contribution < 1.29 is 23.9 Å². The lowest BCUT2D eigenvalue weighted by Gasteiger charge is -2.57. The number of fused-ring (bicyclic) bond motifs is 4. The lowest BCUT2D eigenvalue weighted by molar-refractivity contribution is -0.188. The third-order valence-electron chi connectivity index (χ3n) is 10.8. The van der Waals surface area contributed by atoms with E-state index in [9.17, 15) is 14.7 Å². The molecule has 2 aliphatic carbocycles. The van der Waals surface area contributed by atoms with Crippen molar-refractivity contribution in [3.8, 4) is 0 Å². The van der Waals surface area contributed by atoms with Crippen LogP contribution in [-0.2, 0) is 18.8 Å². The van der Waals surface area contributed by atoms with Crippen LogP contribution in [0.15, 0.2) is 0 Å². The van der Waals surface area contributed by atoms with Gasteiger partial charge in [-0.1, -0.05) is 48.0 Å². The van der Waals surface area contributed by atoms with Gasteiger partial charge in [0, 0.05) is 23.9 Å². The number of ketones is 1. The number of aldehydes is 1. The Balaban J connectivity index is 1.80. The van der Waals surface area contributed by atoms with E-state index in [0.717, 1.165) is 25.5 Å². The van der Waals surface area contributed by atoms with Crippen LogP contribution in [0, 0.1) is 28.1 Å². The van der Waals surface area contributed by atoms with Crippen molar-refractivity contribution in [2.45, 2.75) is 116 Å². The summed E-state index contributed by atoms with van der Waals surface area (Å²) < 4.78 is 13.6. The van der Waals surface area contributed by atoms with Crippen LogP contribution >= 0.6 is 0 Å². The van der Waals surface area contributed by atoms with Gasteiger partial charge in [-0.3, -0.25) is 4.79 Å². The number of carbonyl (C=O) groups is 2. The molecule has 4 bridgehead atoms. The Morgan fingerprint density at radius 2 is 1.84 bits per heavy atom. The van der Waals surface area contributed by atoms with Crippen LogP contribution < -0.4 is 0 Å². The highest BCUT2D eigenvalue weighted by atomic mass is 28.4. The van der Waals surface area contributed by atoms with Gasteiger partial charge in [0.1, 0.15) is 11.9 Å². The number of Topliss-reactive ketones (excluding diaryl/α,β-unsaturated/α-hetero) is 1. The molecule has 1 spiro atoms. The number of hydrogen-bond donors (Lipinski definition) is 1. The summed E-state index contributed by atoms with van der Waals surface area (Å²) in [5.41, 5.74) is -2.93. The van der Waals surface area contributed by atoms with Gasteiger partial charge in [-0.05, 0) is 55.7 Å². The van der Waals surface area contributed by atoms with Crippen LogP contribution in [0.2, 0.25) is 18.1 Å². The van der Waals surface area contributed by atoms with Crippen molar-refractivity contribution >= 4 is 20.4 Å². The first-order valence-corrected chi connectivity index (χ1v) is 15.5. The maximum Gasteiger partial charge on any atom is 0.191 e. The average molecular weight is 465 g/mol. The highest BCUT2D eigenvalue weighted by molar-refractivity contribution is 6.74. The zero-order chi connectivity index (χ0) is 24.0. The van der Waals surface area contributed by atoms with Gasteiger partial charge in [-0.2, -0.15) is 0 Å². The Morgan fingerprint density at radius 3 is 2.44 bits per heavy atom. The Morgan fingerprint density at radius 1 is 1.19 bits per heavy atom. The zero-order valence-electron chi connectivity index (χ0n) is 21.4. The van der Waals surface area contributed by atoms with E-state index in [0.29, 0.717) is 25.9 Å². The highest BCUT2D eigenvalue weighted by Crippen LogP contribution is 2.69. The van der Waals surface area contributed by atoms with E-state index in [4.69, 9.17) is 9.16 Å². The average Bonchev–Trinajstić information content (AvgIpc) is 2.98.